The van der Waals surface area contributed by atoms with Crippen molar-refractivity contribution >= 4 is 22.8 Å². The van der Waals surface area contributed by atoms with E-state index in [-0.39, 0.29) is 6.42 Å². The van der Waals surface area contributed by atoms with E-state index in [0.29, 0.717) is 12.3 Å². The zero-order valence-electron chi connectivity index (χ0n) is 15.4. The van der Waals surface area contributed by atoms with Gasteiger partial charge in [-0.2, -0.15) is 0 Å². The van der Waals surface area contributed by atoms with Crippen LogP contribution in [0.15, 0.2) is 40.8 Å². The van der Waals surface area contributed by atoms with Crippen LogP contribution in [0.4, 0.5) is 5.69 Å². The second-order valence-corrected chi connectivity index (χ2v) is 6.23. The predicted molar refractivity (Wildman–Crippen MR) is 99.9 cm³/mol. The fourth-order valence-electron chi connectivity index (χ4n) is 3.01. The summed E-state index contributed by atoms with van der Waals surface area (Å²) in [7, 11) is 1.84. The van der Waals surface area contributed by atoms with Crippen molar-refractivity contribution in [1.29, 1.82) is 0 Å². The number of fused-ring (bicyclic) bond motifs is 2. The smallest absolute Gasteiger partial charge is 0.203 e. The van der Waals surface area contributed by atoms with E-state index in [1.807, 2.05) is 42.0 Å². The number of carboxylic acid groups (broad SMARTS) is 1. The van der Waals surface area contributed by atoms with Crippen LogP contribution in [0.5, 0.6) is 0 Å². The Morgan fingerprint density at radius 1 is 1.19 bits per heavy atom. The molecule has 6 nitrogen and oxygen atoms in total. The number of benzene rings is 2. The minimum Gasteiger partial charge on any atom is -0.550 e. The van der Waals surface area contributed by atoms with Gasteiger partial charge in [0.15, 0.2) is 11.3 Å². The lowest BCUT2D eigenvalue weighted by molar-refractivity contribution is -0.305. The maximum Gasteiger partial charge on any atom is 0.203 e. The van der Waals surface area contributed by atoms with Gasteiger partial charge < -0.3 is 19.2 Å². The first-order valence-electron chi connectivity index (χ1n) is 8.85. The van der Waals surface area contributed by atoms with Crippen LogP contribution >= 0.6 is 0 Å². The van der Waals surface area contributed by atoms with E-state index in [0.717, 1.165) is 40.9 Å². The van der Waals surface area contributed by atoms with E-state index < -0.39 is 5.97 Å². The SMILES string of the molecule is CCN(CC)c1ccc2nc3ccc(=[N+](C)CCC(=O)[O-])cc-3oc2c1. The molecule has 2 aliphatic rings. The number of aliphatic carboxylic acids is 1. The third-order valence-electron chi connectivity index (χ3n) is 4.57. The summed E-state index contributed by atoms with van der Waals surface area (Å²) < 4.78 is 7.96. The van der Waals surface area contributed by atoms with Crippen molar-refractivity contribution in [3.05, 3.63) is 41.8 Å². The van der Waals surface area contributed by atoms with Crippen LogP contribution in [0.2, 0.25) is 0 Å². The van der Waals surface area contributed by atoms with Gasteiger partial charge in [0.1, 0.15) is 24.8 Å². The number of rotatable bonds is 6. The van der Waals surface area contributed by atoms with Gasteiger partial charge in [-0.3, -0.25) is 0 Å². The van der Waals surface area contributed by atoms with Crippen LogP contribution in [0.25, 0.3) is 22.6 Å². The molecule has 0 N–H and O–H groups in total. The molecule has 0 fully saturated rings. The Bertz CT molecular complexity index is 974. The lowest BCUT2D eigenvalue weighted by Crippen LogP contribution is -2.32. The lowest BCUT2D eigenvalue weighted by atomic mass is 10.2. The highest BCUT2D eigenvalue weighted by atomic mass is 16.4. The van der Waals surface area contributed by atoms with Gasteiger partial charge in [0.25, 0.3) is 0 Å². The number of hydrogen-bond donors (Lipinski definition) is 0. The zero-order chi connectivity index (χ0) is 18.7. The first-order valence-corrected chi connectivity index (χ1v) is 8.85. The van der Waals surface area contributed by atoms with Gasteiger partial charge in [0, 0.05) is 43.3 Å². The number of anilines is 1. The Balaban J connectivity index is 2.08. The van der Waals surface area contributed by atoms with E-state index in [1.165, 1.54) is 0 Å². The molecule has 0 bridgehead atoms. The molecule has 1 aromatic carbocycles. The largest absolute Gasteiger partial charge is 0.550 e. The molecular formula is C20H23N3O3. The van der Waals surface area contributed by atoms with Crippen molar-refractivity contribution in [2.24, 2.45) is 0 Å². The summed E-state index contributed by atoms with van der Waals surface area (Å²) in [6, 6.07) is 11.7. The Hall–Kier alpha value is -2.89. The van der Waals surface area contributed by atoms with Gasteiger partial charge in [-0.1, -0.05) is 0 Å². The lowest BCUT2D eigenvalue weighted by Gasteiger charge is -2.21. The highest BCUT2D eigenvalue weighted by Gasteiger charge is 2.12. The quantitative estimate of drug-likeness (QED) is 0.494. The summed E-state index contributed by atoms with van der Waals surface area (Å²) in [6.07, 6.45) is -0.0190. The van der Waals surface area contributed by atoms with Gasteiger partial charge in [-0.25, -0.2) is 9.56 Å². The van der Waals surface area contributed by atoms with Crippen LogP contribution in [0.3, 0.4) is 0 Å². The number of carbonyl (C=O) groups is 1. The first-order chi connectivity index (χ1) is 12.5. The molecule has 0 atom stereocenters. The maximum atomic E-state index is 10.7. The predicted octanol–water partition coefficient (Wildman–Crippen LogP) is 1.32. The average molecular weight is 353 g/mol. The average Bonchev–Trinajstić information content (AvgIpc) is 2.64. The monoisotopic (exact) mass is 353 g/mol. The molecule has 0 spiro atoms. The Kier molecular flexibility index (Phi) is 5.21. The third kappa shape index (κ3) is 3.69. The molecule has 6 heteroatoms. The van der Waals surface area contributed by atoms with E-state index in [9.17, 15) is 9.90 Å². The molecule has 0 amide bonds. The highest BCUT2D eigenvalue weighted by Crippen LogP contribution is 2.26. The molecule has 3 rings (SSSR count). The Labute approximate surface area is 152 Å². The van der Waals surface area contributed by atoms with Gasteiger partial charge in [0.05, 0.1) is 6.07 Å². The van der Waals surface area contributed by atoms with E-state index in [4.69, 9.17) is 4.42 Å². The molecule has 0 radical (unpaired) electrons. The molecule has 0 saturated carbocycles. The Morgan fingerprint density at radius 3 is 2.65 bits per heavy atom. The standard InChI is InChI=1S/C20H23N3O3/c1-4-23(5-2)15-7-9-17-19(13-15)26-18-12-14(6-8-16(18)21-17)22(3)11-10-20(24)25/h6-9,12-13H,4-5,10-11H2,1-3H3. The normalized spacial score (nSPS) is 12.4. The molecule has 26 heavy (non-hydrogen) atoms. The second-order valence-electron chi connectivity index (χ2n) is 6.23. The molecule has 1 heterocycles. The van der Waals surface area contributed by atoms with E-state index in [2.05, 4.69) is 29.8 Å². The summed E-state index contributed by atoms with van der Waals surface area (Å²) in [5, 5.41) is 11.5. The first kappa shape index (κ1) is 17.9. The zero-order valence-corrected chi connectivity index (χ0v) is 15.4. The van der Waals surface area contributed by atoms with Crippen molar-refractivity contribution in [3.63, 3.8) is 0 Å². The molecule has 1 aromatic rings. The fraction of sp³-hybridized carbons (Fsp3) is 0.350. The molecule has 1 aliphatic carbocycles. The number of carbonyl (C=O) groups excluding carboxylic acids is 1. The summed E-state index contributed by atoms with van der Waals surface area (Å²) in [5.74, 6) is -0.383. The van der Waals surface area contributed by atoms with Gasteiger partial charge >= 0.3 is 0 Å². The summed E-state index contributed by atoms with van der Waals surface area (Å²) in [5.41, 5.74) is 3.42. The topological polar surface area (TPSA) is 72.4 Å². The number of aromatic nitrogens is 1. The third-order valence-corrected chi connectivity index (χ3v) is 4.57. The molecular weight excluding hydrogens is 330 g/mol. The van der Waals surface area contributed by atoms with Crippen molar-refractivity contribution < 1.29 is 14.3 Å². The maximum absolute atomic E-state index is 10.7. The minimum absolute atomic E-state index is 0.0190. The molecule has 0 unspecified atom stereocenters. The van der Waals surface area contributed by atoms with Crippen LogP contribution in [0.1, 0.15) is 20.3 Å². The molecule has 136 valence electrons. The fourth-order valence-corrected chi connectivity index (χ4v) is 3.01. The van der Waals surface area contributed by atoms with Crippen molar-refractivity contribution in [3.8, 4) is 11.5 Å². The molecule has 1 aliphatic heterocycles. The van der Waals surface area contributed by atoms with Gasteiger partial charge in [-0.05, 0) is 32.0 Å². The van der Waals surface area contributed by atoms with Crippen LogP contribution < -0.4 is 19.9 Å². The highest BCUT2D eigenvalue weighted by molar-refractivity contribution is 5.80. The summed E-state index contributed by atoms with van der Waals surface area (Å²) in [4.78, 5) is 17.6. The van der Waals surface area contributed by atoms with Crippen molar-refractivity contribution in [2.45, 2.75) is 20.3 Å². The summed E-state index contributed by atoms with van der Waals surface area (Å²) >= 11 is 0. The van der Waals surface area contributed by atoms with Gasteiger partial charge in [-0.15, -0.1) is 0 Å². The number of carboxylic acids is 1. The van der Waals surface area contributed by atoms with E-state index >= 15 is 0 Å². The molecule has 0 aromatic heterocycles. The van der Waals surface area contributed by atoms with Crippen molar-refractivity contribution in [2.75, 3.05) is 31.6 Å². The number of nitrogens with zero attached hydrogens (tertiary/aromatic N) is 3. The van der Waals surface area contributed by atoms with E-state index in [1.54, 1.807) is 0 Å². The second kappa shape index (κ2) is 7.56. The van der Waals surface area contributed by atoms with Crippen molar-refractivity contribution in [1.82, 2.24) is 9.56 Å². The minimum atomic E-state index is -1.06. The van der Waals surface area contributed by atoms with Crippen LogP contribution in [-0.2, 0) is 4.79 Å². The van der Waals surface area contributed by atoms with Gasteiger partial charge in [0.2, 0.25) is 5.36 Å². The number of hydrogen-bond acceptors (Lipinski definition) is 5. The van der Waals surface area contributed by atoms with Crippen LogP contribution in [0, 0.1) is 0 Å². The van der Waals surface area contributed by atoms with Crippen LogP contribution in [-0.4, -0.2) is 37.6 Å². The Morgan fingerprint density at radius 2 is 1.96 bits per heavy atom. The molecule has 0 saturated heterocycles. The summed E-state index contributed by atoms with van der Waals surface area (Å²) in [6.45, 7) is 6.48.